The standard InChI is InChI=1S/C13H24N4O/c1-3-9-18-12-6-8-15-13(17-12)16-10-11(4-2)5-7-14/h6,8,11H,3-5,7,9-10,14H2,1-2H3,(H,15,16,17). The molecule has 5 nitrogen and oxygen atoms in total. The molecule has 0 amide bonds. The molecule has 1 aromatic heterocycles. The quantitative estimate of drug-likeness (QED) is 0.703. The van der Waals surface area contributed by atoms with Gasteiger partial charge in [0, 0.05) is 18.8 Å². The highest BCUT2D eigenvalue weighted by atomic mass is 16.5. The molecule has 0 spiro atoms. The highest BCUT2D eigenvalue weighted by molar-refractivity contribution is 5.27. The van der Waals surface area contributed by atoms with Crippen molar-refractivity contribution in [1.29, 1.82) is 0 Å². The minimum absolute atomic E-state index is 0.568. The summed E-state index contributed by atoms with van der Waals surface area (Å²) in [6, 6.07) is 1.78. The Kier molecular flexibility index (Phi) is 7.10. The summed E-state index contributed by atoms with van der Waals surface area (Å²) in [4.78, 5) is 8.48. The van der Waals surface area contributed by atoms with Gasteiger partial charge in [-0.25, -0.2) is 4.98 Å². The summed E-state index contributed by atoms with van der Waals surface area (Å²) in [5.41, 5.74) is 5.57. The molecule has 0 saturated heterocycles. The van der Waals surface area contributed by atoms with E-state index in [1.54, 1.807) is 12.3 Å². The largest absolute Gasteiger partial charge is 0.478 e. The Hall–Kier alpha value is -1.36. The van der Waals surface area contributed by atoms with E-state index in [0.717, 1.165) is 32.4 Å². The van der Waals surface area contributed by atoms with Crippen LogP contribution in [0.15, 0.2) is 12.3 Å². The number of nitrogens with one attached hydrogen (secondary N) is 1. The molecule has 18 heavy (non-hydrogen) atoms. The SMILES string of the molecule is CCCOc1ccnc(NCC(CC)CCN)n1. The van der Waals surface area contributed by atoms with Crippen LogP contribution in [-0.2, 0) is 0 Å². The molecule has 0 aliphatic heterocycles. The number of hydrogen-bond donors (Lipinski definition) is 2. The summed E-state index contributed by atoms with van der Waals surface area (Å²) in [7, 11) is 0. The van der Waals surface area contributed by atoms with E-state index in [1.807, 2.05) is 0 Å². The summed E-state index contributed by atoms with van der Waals surface area (Å²) in [5, 5.41) is 3.24. The number of aromatic nitrogens is 2. The van der Waals surface area contributed by atoms with Crippen LogP contribution < -0.4 is 15.8 Å². The van der Waals surface area contributed by atoms with E-state index in [1.165, 1.54) is 0 Å². The number of nitrogens with two attached hydrogens (primary N) is 1. The first-order chi connectivity index (χ1) is 8.80. The van der Waals surface area contributed by atoms with Crippen LogP contribution in [0.25, 0.3) is 0 Å². The molecule has 0 fully saturated rings. The van der Waals surface area contributed by atoms with Crippen molar-refractivity contribution in [2.45, 2.75) is 33.1 Å². The summed E-state index contributed by atoms with van der Waals surface area (Å²) in [6.07, 6.45) is 4.82. The predicted molar refractivity (Wildman–Crippen MR) is 73.8 cm³/mol. The second kappa shape index (κ2) is 8.69. The lowest BCUT2D eigenvalue weighted by Crippen LogP contribution is -2.18. The third kappa shape index (κ3) is 5.31. The minimum Gasteiger partial charge on any atom is -0.478 e. The topological polar surface area (TPSA) is 73.1 Å². The Labute approximate surface area is 109 Å². The van der Waals surface area contributed by atoms with E-state index in [9.17, 15) is 0 Å². The predicted octanol–water partition coefficient (Wildman–Crippen LogP) is 2.05. The van der Waals surface area contributed by atoms with Crippen molar-refractivity contribution in [3.05, 3.63) is 12.3 Å². The molecule has 1 unspecified atom stereocenters. The molecule has 1 atom stereocenters. The number of ether oxygens (including phenoxy) is 1. The van der Waals surface area contributed by atoms with Gasteiger partial charge in [-0.05, 0) is 25.3 Å². The number of rotatable bonds is 9. The monoisotopic (exact) mass is 252 g/mol. The third-order valence-electron chi connectivity index (χ3n) is 2.79. The third-order valence-corrected chi connectivity index (χ3v) is 2.79. The number of nitrogens with zero attached hydrogens (tertiary/aromatic N) is 2. The summed E-state index contributed by atoms with van der Waals surface area (Å²) >= 11 is 0. The number of hydrogen-bond acceptors (Lipinski definition) is 5. The van der Waals surface area contributed by atoms with Gasteiger partial charge in [-0.15, -0.1) is 0 Å². The molecule has 1 heterocycles. The fourth-order valence-electron chi connectivity index (χ4n) is 1.64. The molecule has 3 N–H and O–H groups in total. The van der Waals surface area contributed by atoms with Crippen molar-refractivity contribution < 1.29 is 4.74 Å². The molecule has 0 radical (unpaired) electrons. The minimum atomic E-state index is 0.568. The molecule has 1 rings (SSSR count). The normalized spacial score (nSPS) is 12.2. The van der Waals surface area contributed by atoms with Gasteiger partial charge in [0.15, 0.2) is 0 Å². The maximum absolute atomic E-state index is 5.57. The van der Waals surface area contributed by atoms with E-state index >= 15 is 0 Å². The fourth-order valence-corrected chi connectivity index (χ4v) is 1.64. The second-order valence-corrected chi connectivity index (χ2v) is 4.30. The van der Waals surface area contributed by atoms with Gasteiger partial charge in [0.2, 0.25) is 11.8 Å². The zero-order chi connectivity index (χ0) is 13.2. The molecular weight excluding hydrogens is 228 g/mol. The lowest BCUT2D eigenvalue weighted by atomic mass is 10.0. The average Bonchev–Trinajstić information content (AvgIpc) is 2.41. The Balaban J connectivity index is 2.45. The summed E-state index contributed by atoms with van der Waals surface area (Å²) < 4.78 is 5.47. The van der Waals surface area contributed by atoms with Crippen LogP contribution in [0.2, 0.25) is 0 Å². The highest BCUT2D eigenvalue weighted by Crippen LogP contribution is 2.11. The van der Waals surface area contributed by atoms with Gasteiger partial charge in [0.05, 0.1) is 6.61 Å². The zero-order valence-electron chi connectivity index (χ0n) is 11.4. The molecule has 0 aromatic carbocycles. The number of anilines is 1. The van der Waals surface area contributed by atoms with Gasteiger partial charge in [-0.3, -0.25) is 0 Å². The van der Waals surface area contributed by atoms with Crippen molar-refractivity contribution >= 4 is 5.95 Å². The van der Waals surface area contributed by atoms with Crippen LogP contribution in [0.1, 0.15) is 33.1 Å². The maximum Gasteiger partial charge on any atom is 0.225 e. The first-order valence-corrected chi connectivity index (χ1v) is 6.69. The van der Waals surface area contributed by atoms with Gasteiger partial charge in [0.25, 0.3) is 0 Å². The van der Waals surface area contributed by atoms with Crippen LogP contribution in [0.5, 0.6) is 5.88 Å². The lowest BCUT2D eigenvalue weighted by Gasteiger charge is -2.14. The van der Waals surface area contributed by atoms with E-state index < -0.39 is 0 Å². The molecule has 0 aliphatic carbocycles. The molecule has 102 valence electrons. The molecule has 1 aromatic rings. The fraction of sp³-hybridized carbons (Fsp3) is 0.692. The lowest BCUT2D eigenvalue weighted by molar-refractivity contribution is 0.305. The molecule has 0 saturated carbocycles. The van der Waals surface area contributed by atoms with Crippen LogP contribution >= 0.6 is 0 Å². The van der Waals surface area contributed by atoms with E-state index in [4.69, 9.17) is 10.5 Å². The van der Waals surface area contributed by atoms with E-state index in [-0.39, 0.29) is 0 Å². The van der Waals surface area contributed by atoms with Gasteiger partial charge in [-0.1, -0.05) is 20.3 Å². The molecule has 5 heteroatoms. The van der Waals surface area contributed by atoms with E-state index in [0.29, 0.717) is 24.4 Å². The second-order valence-electron chi connectivity index (χ2n) is 4.30. The average molecular weight is 252 g/mol. The van der Waals surface area contributed by atoms with Crippen LogP contribution in [0, 0.1) is 5.92 Å². The maximum atomic E-state index is 5.57. The van der Waals surface area contributed by atoms with Crippen molar-refractivity contribution in [3.63, 3.8) is 0 Å². The highest BCUT2D eigenvalue weighted by Gasteiger charge is 2.06. The Morgan fingerprint density at radius 3 is 2.94 bits per heavy atom. The molecule has 0 aliphatic rings. The van der Waals surface area contributed by atoms with Crippen molar-refractivity contribution in [1.82, 2.24) is 9.97 Å². The van der Waals surface area contributed by atoms with Gasteiger partial charge in [-0.2, -0.15) is 4.98 Å². The van der Waals surface area contributed by atoms with Crippen molar-refractivity contribution in [2.75, 3.05) is 25.0 Å². The first-order valence-electron chi connectivity index (χ1n) is 6.69. The summed E-state index contributed by atoms with van der Waals surface area (Å²) in [5.74, 6) is 1.82. The van der Waals surface area contributed by atoms with Crippen LogP contribution in [-0.4, -0.2) is 29.7 Å². The molecule has 0 bridgehead atoms. The smallest absolute Gasteiger partial charge is 0.225 e. The van der Waals surface area contributed by atoms with Gasteiger partial charge >= 0.3 is 0 Å². The van der Waals surface area contributed by atoms with Gasteiger partial charge in [0.1, 0.15) is 0 Å². The van der Waals surface area contributed by atoms with Crippen LogP contribution in [0.3, 0.4) is 0 Å². The zero-order valence-corrected chi connectivity index (χ0v) is 11.4. The van der Waals surface area contributed by atoms with Crippen LogP contribution in [0.4, 0.5) is 5.95 Å². The van der Waals surface area contributed by atoms with Crippen molar-refractivity contribution in [2.24, 2.45) is 11.7 Å². The summed E-state index contributed by atoms with van der Waals surface area (Å²) in [6.45, 7) is 6.50. The Morgan fingerprint density at radius 1 is 1.44 bits per heavy atom. The van der Waals surface area contributed by atoms with E-state index in [2.05, 4.69) is 29.1 Å². The molecular formula is C13H24N4O. The first kappa shape index (κ1) is 14.7. The Morgan fingerprint density at radius 2 is 2.28 bits per heavy atom. The van der Waals surface area contributed by atoms with Crippen molar-refractivity contribution in [3.8, 4) is 5.88 Å². The van der Waals surface area contributed by atoms with Gasteiger partial charge < -0.3 is 15.8 Å². The Bertz CT molecular complexity index is 333.